The number of methoxy groups -OCH3 is 1. The van der Waals surface area contributed by atoms with Gasteiger partial charge in [-0.25, -0.2) is 8.42 Å². The molecular weight excluding hydrogens is 316 g/mol. The number of aromatic nitrogens is 2. The van der Waals surface area contributed by atoms with Gasteiger partial charge >= 0.3 is 0 Å². The lowest BCUT2D eigenvalue weighted by Crippen LogP contribution is -2.14. The van der Waals surface area contributed by atoms with Crippen molar-refractivity contribution in [1.29, 1.82) is 0 Å². The van der Waals surface area contributed by atoms with Gasteiger partial charge in [0.15, 0.2) is 5.82 Å². The van der Waals surface area contributed by atoms with Crippen molar-refractivity contribution in [3.05, 3.63) is 29.4 Å². The van der Waals surface area contributed by atoms with Crippen LogP contribution in [0.5, 0.6) is 5.75 Å². The maximum Gasteiger partial charge on any atom is 0.267 e. The molecular formula is C12H15ClN4O3S. The van der Waals surface area contributed by atoms with E-state index in [0.717, 1.165) is 0 Å². The number of ether oxygens (including phenoxy) is 1. The van der Waals surface area contributed by atoms with Crippen LogP contribution < -0.4 is 15.2 Å². The van der Waals surface area contributed by atoms with Crippen LogP contribution >= 0.6 is 11.6 Å². The second-order valence-corrected chi connectivity index (χ2v) is 6.27. The van der Waals surface area contributed by atoms with Crippen molar-refractivity contribution in [2.75, 3.05) is 17.6 Å². The molecule has 1 aromatic heterocycles. The maximum absolute atomic E-state index is 12.4. The first kappa shape index (κ1) is 15.5. The Morgan fingerprint density at radius 2 is 2.19 bits per heavy atom. The Morgan fingerprint density at radius 3 is 2.76 bits per heavy atom. The summed E-state index contributed by atoms with van der Waals surface area (Å²) in [4.78, 5) is -0.0913. The number of hydrogen-bond acceptors (Lipinski definition) is 5. The molecule has 0 saturated carbocycles. The van der Waals surface area contributed by atoms with Crippen molar-refractivity contribution in [3.63, 3.8) is 0 Å². The number of anilines is 2. The van der Waals surface area contributed by atoms with Crippen LogP contribution in [-0.4, -0.2) is 25.3 Å². The quantitative estimate of drug-likeness (QED) is 0.872. The minimum atomic E-state index is -3.88. The van der Waals surface area contributed by atoms with Crippen LogP contribution in [0, 0.1) is 0 Å². The fourth-order valence-electron chi connectivity index (χ4n) is 1.75. The molecule has 0 bridgehead atoms. The molecule has 2 aromatic rings. The third-order valence-corrected chi connectivity index (χ3v) is 4.39. The molecule has 0 fully saturated rings. The van der Waals surface area contributed by atoms with Crippen molar-refractivity contribution in [2.24, 2.45) is 0 Å². The summed E-state index contributed by atoms with van der Waals surface area (Å²) < 4.78 is 33.7. The molecule has 2 rings (SSSR count). The summed E-state index contributed by atoms with van der Waals surface area (Å²) in [5.74, 6) is 0.287. The number of benzene rings is 1. The number of nitrogens with two attached hydrogens (primary N) is 1. The number of nitrogen functional groups attached to an aromatic ring is 1. The fraction of sp³-hybridized carbons (Fsp3) is 0.250. The molecule has 21 heavy (non-hydrogen) atoms. The van der Waals surface area contributed by atoms with Gasteiger partial charge in [-0.2, -0.15) is 5.10 Å². The number of rotatable bonds is 5. The highest BCUT2D eigenvalue weighted by Crippen LogP contribution is 2.30. The molecule has 0 spiro atoms. The smallest absolute Gasteiger partial charge is 0.267 e. The number of halogens is 1. The third-order valence-electron chi connectivity index (χ3n) is 2.77. The first-order chi connectivity index (χ1) is 9.87. The molecule has 0 aliphatic heterocycles. The largest absolute Gasteiger partial charge is 0.495 e. The first-order valence-corrected chi connectivity index (χ1v) is 7.92. The second kappa shape index (κ2) is 5.82. The van der Waals surface area contributed by atoms with E-state index in [1.807, 2.05) is 6.92 Å². The van der Waals surface area contributed by atoms with Gasteiger partial charge in [-0.3, -0.25) is 9.40 Å². The summed E-state index contributed by atoms with van der Waals surface area (Å²) in [5, 5.41) is 4.30. The van der Waals surface area contributed by atoms with Crippen LogP contribution in [0.2, 0.25) is 5.02 Å². The molecule has 0 saturated heterocycles. The fourth-order valence-corrected chi connectivity index (χ4v) is 3.05. The lowest BCUT2D eigenvalue weighted by Gasteiger charge is -2.11. The molecule has 0 aliphatic rings. The zero-order valence-electron chi connectivity index (χ0n) is 11.5. The summed E-state index contributed by atoms with van der Waals surface area (Å²) >= 11 is 5.87. The summed E-state index contributed by atoms with van der Waals surface area (Å²) in [5.41, 5.74) is 5.88. The Labute approximate surface area is 127 Å². The predicted octanol–water partition coefficient (Wildman–Crippen LogP) is 1.95. The standard InChI is InChI=1S/C12H15ClN4O3S/c1-3-17-7-11(12(14)15-17)21(18,19)16-9-6-8(13)4-5-10(9)20-2/h4-7,16H,3H2,1-2H3,(H2,14,15). The van der Waals surface area contributed by atoms with Crippen LogP contribution in [0.1, 0.15) is 6.92 Å². The minimum Gasteiger partial charge on any atom is -0.495 e. The highest BCUT2D eigenvalue weighted by molar-refractivity contribution is 7.92. The Kier molecular flexibility index (Phi) is 4.29. The zero-order chi connectivity index (χ0) is 15.6. The van der Waals surface area contributed by atoms with Gasteiger partial charge in [-0.1, -0.05) is 11.6 Å². The normalized spacial score (nSPS) is 11.4. The van der Waals surface area contributed by atoms with Crippen molar-refractivity contribution in [2.45, 2.75) is 18.4 Å². The van der Waals surface area contributed by atoms with E-state index in [1.54, 1.807) is 12.1 Å². The number of sulfonamides is 1. The lowest BCUT2D eigenvalue weighted by atomic mass is 10.3. The molecule has 7 nitrogen and oxygen atoms in total. The van der Waals surface area contributed by atoms with Crippen LogP contribution in [0.4, 0.5) is 11.5 Å². The average Bonchev–Trinajstić information content (AvgIpc) is 2.81. The van der Waals surface area contributed by atoms with E-state index in [0.29, 0.717) is 17.3 Å². The van der Waals surface area contributed by atoms with E-state index >= 15 is 0 Å². The average molecular weight is 331 g/mol. The highest BCUT2D eigenvalue weighted by Gasteiger charge is 2.22. The molecule has 9 heteroatoms. The zero-order valence-corrected chi connectivity index (χ0v) is 13.1. The topological polar surface area (TPSA) is 99.2 Å². The van der Waals surface area contributed by atoms with Crippen molar-refractivity contribution in [1.82, 2.24) is 9.78 Å². The van der Waals surface area contributed by atoms with Gasteiger partial charge in [0.05, 0.1) is 12.8 Å². The number of nitrogens with zero attached hydrogens (tertiary/aromatic N) is 2. The van der Waals surface area contributed by atoms with Crippen LogP contribution in [0.3, 0.4) is 0 Å². The Balaban J connectivity index is 2.41. The first-order valence-electron chi connectivity index (χ1n) is 6.06. The van der Waals surface area contributed by atoms with Gasteiger partial charge in [0.2, 0.25) is 0 Å². The summed E-state index contributed by atoms with van der Waals surface area (Å²) in [6.45, 7) is 2.34. The van der Waals surface area contributed by atoms with E-state index in [4.69, 9.17) is 22.1 Å². The highest BCUT2D eigenvalue weighted by atomic mass is 35.5. The van der Waals surface area contributed by atoms with Crippen LogP contribution in [-0.2, 0) is 16.6 Å². The van der Waals surface area contributed by atoms with E-state index in [1.165, 1.54) is 24.1 Å². The molecule has 114 valence electrons. The molecule has 1 aromatic carbocycles. The molecule has 0 radical (unpaired) electrons. The van der Waals surface area contributed by atoms with Crippen LogP contribution in [0.15, 0.2) is 29.3 Å². The molecule has 0 aliphatic carbocycles. The van der Waals surface area contributed by atoms with Crippen molar-refractivity contribution < 1.29 is 13.2 Å². The Morgan fingerprint density at radius 1 is 1.48 bits per heavy atom. The minimum absolute atomic E-state index is 0.0645. The summed E-state index contributed by atoms with van der Waals surface area (Å²) in [6, 6.07) is 4.62. The maximum atomic E-state index is 12.4. The molecule has 0 unspecified atom stereocenters. The molecule has 1 heterocycles. The third kappa shape index (κ3) is 3.22. The van der Waals surface area contributed by atoms with Gasteiger partial charge in [0, 0.05) is 17.8 Å². The molecule has 3 N–H and O–H groups in total. The van der Waals surface area contributed by atoms with Gasteiger partial charge in [-0.15, -0.1) is 0 Å². The number of aryl methyl sites for hydroxylation is 1. The number of hydrogen-bond donors (Lipinski definition) is 2. The molecule has 0 amide bonds. The molecule has 0 atom stereocenters. The SMILES string of the molecule is CCn1cc(S(=O)(=O)Nc2cc(Cl)ccc2OC)c(N)n1. The van der Waals surface area contributed by atoms with Gasteiger partial charge in [-0.05, 0) is 25.1 Å². The monoisotopic (exact) mass is 330 g/mol. The van der Waals surface area contributed by atoms with Gasteiger partial charge < -0.3 is 10.5 Å². The Hall–Kier alpha value is -1.93. The lowest BCUT2D eigenvalue weighted by molar-refractivity contribution is 0.417. The predicted molar refractivity (Wildman–Crippen MR) is 81.1 cm³/mol. The van der Waals surface area contributed by atoms with E-state index in [-0.39, 0.29) is 16.4 Å². The van der Waals surface area contributed by atoms with E-state index < -0.39 is 10.0 Å². The van der Waals surface area contributed by atoms with E-state index in [9.17, 15) is 8.42 Å². The van der Waals surface area contributed by atoms with Gasteiger partial charge in [0.1, 0.15) is 10.6 Å². The summed E-state index contributed by atoms with van der Waals surface area (Å²) in [6.07, 6.45) is 1.37. The van der Waals surface area contributed by atoms with Crippen LogP contribution in [0.25, 0.3) is 0 Å². The van der Waals surface area contributed by atoms with E-state index in [2.05, 4.69) is 9.82 Å². The van der Waals surface area contributed by atoms with Crippen molar-refractivity contribution >= 4 is 33.1 Å². The number of nitrogens with one attached hydrogen (secondary N) is 1. The second-order valence-electron chi connectivity index (χ2n) is 4.18. The summed E-state index contributed by atoms with van der Waals surface area (Å²) in [7, 11) is -2.44. The van der Waals surface area contributed by atoms with Gasteiger partial charge in [0.25, 0.3) is 10.0 Å². The van der Waals surface area contributed by atoms with Crippen molar-refractivity contribution in [3.8, 4) is 5.75 Å². The Bertz CT molecular complexity index is 758.